The maximum absolute atomic E-state index is 5.98. The van der Waals surface area contributed by atoms with E-state index in [0.29, 0.717) is 11.0 Å². The zero-order valence-corrected chi connectivity index (χ0v) is 9.85. The highest BCUT2D eigenvalue weighted by molar-refractivity contribution is 6.30. The number of hydrogen-bond donors (Lipinski definition) is 1. The first-order chi connectivity index (χ1) is 6.40. The van der Waals surface area contributed by atoms with Crippen molar-refractivity contribution in [1.29, 1.82) is 0 Å². The average Bonchev–Trinajstić information content (AvgIpc) is 2.01. The third-order valence-corrected chi connectivity index (χ3v) is 2.00. The normalized spacial score (nSPS) is 16.2. The van der Waals surface area contributed by atoms with Gasteiger partial charge in [0, 0.05) is 12.7 Å². The Balaban J connectivity index is 5.16. The Bertz CT molecular complexity index is 278. The van der Waals surface area contributed by atoms with Crippen LogP contribution in [0.15, 0.2) is 27.9 Å². The van der Waals surface area contributed by atoms with Gasteiger partial charge in [-0.05, 0) is 26.3 Å². The van der Waals surface area contributed by atoms with Crippen LogP contribution in [0.2, 0.25) is 0 Å². The van der Waals surface area contributed by atoms with Crippen LogP contribution in [-0.4, -0.2) is 19.0 Å². The van der Waals surface area contributed by atoms with Crippen LogP contribution in [-0.2, 0) is 4.74 Å². The molecule has 0 radical (unpaired) electrons. The predicted molar refractivity (Wildman–Crippen MR) is 61.5 cm³/mol. The van der Waals surface area contributed by atoms with Gasteiger partial charge < -0.3 is 10.5 Å². The van der Waals surface area contributed by atoms with E-state index in [-0.39, 0.29) is 6.10 Å². The molecule has 80 valence electrons. The van der Waals surface area contributed by atoms with E-state index in [4.69, 9.17) is 22.1 Å². The van der Waals surface area contributed by atoms with Crippen molar-refractivity contribution in [1.82, 2.24) is 0 Å². The molecule has 0 aromatic heterocycles. The summed E-state index contributed by atoms with van der Waals surface area (Å²) in [7, 11) is 1.61. The number of nitrogens with zero attached hydrogens (tertiary/aromatic N) is 1. The molecule has 0 rings (SSSR count). The van der Waals surface area contributed by atoms with Gasteiger partial charge in [0.1, 0.15) is 5.16 Å². The lowest BCUT2D eigenvalue weighted by Crippen LogP contribution is -2.12. The van der Waals surface area contributed by atoms with Crippen molar-refractivity contribution in [2.24, 2.45) is 10.7 Å². The molecule has 2 N–H and O–H groups in total. The van der Waals surface area contributed by atoms with Crippen LogP contribution in [0.25, 0.3) is 0 Å². The molecule has 0 fully saturated rings. The second-order valence-electron chi connectivity index (χ2n) is 3.12. The molecule has 0 aromatic rings. The standard InChI is InChI=1S/C10H17ClN2O/c1-6(2)9(7(3)14-5)10(11)13-8(4)12/h7H,1H2,2-5H3,(H2,12,13)/b10-9+. The van der Waals surface area contributed by atoms with Crippen LogP contribution in [0.3, 0.4) is 0 Å². The zero-order valence-electron chi connectivity index (χ0n) is 9.10. The molecule has 0 heterocycles. The lowest BCUT2D eigenvalue weighted by Gasteiger charge is -2.15. The Labute approximate surface area is 90.3 Å². The summed E-state index contributed by atoms with van der Waals surface area (Å²) in [5.74, 6) is 0.414. The molecule has 0 saturated carbocycles. The Morgan fingerprint density at radius 1 is 1.50 bits per heavy atom. The molecule has 1 atom stereocenters. The van der Waals surface area contributed by atoms with Crippen molar-refractivity contribution in [2.75, 3.05) is 7.11 Å². The number of methoxy groups -OCH3 is 1. The Morgan fingerprint density at radius 3 is 2.29 bits per heavy atom. The lowest BCUT2D eigenvalue weighted by molar-refractivity contribution is 0.148. The topological polar surface area (TPSA) is 47.6 Å². The Hall–Kier alpha value is -0.800. The van der Waals surface area contributed by atoms with Crippen LogP contribution in [0.5, 0.6) is 0 Å². The maximum Gasteiger partial charge on any atom is 0.137 e. The van der Waals surface area contributed by atoms with Crippen LogP contribution in [0.4, 0.5) is 0 Å². The summed E-state index contributed by atoms with van der Waals surface area (Å²) in [6.45, 7) is 9.24. The number of ether oxygens (including phenoxy) is 1. The van der Waals surface area contributed by atoms with Crippen molar-refractivity contribution < 1.29 is 4.74 Å². The van der Waals surface area contributed by atoms with Crippen LogP contribution >= 0.6 is 11.6 Å². The molecule has 0 saturated heterocycles. The highest BCUT2D eigenvalue weighted by Gasteiger charge is 2.13. The number of nitrogens with two attached hydrogens (primary N) is 1. The first-order valence-corrected chi connectivity index (χ1v) is 4.67. The zero-order chi connectivity index (χ0) is 11.3. The average molecular weight is 217 g/mol. The fraction of sp³-hybridized carbons (Fsp3) is 0.500. The van der Waals surface area contributed by atoms with E-state index in [2.05, 4.69) is 11.6 Å². The largest absolute Gasteiger partial charge is 0.387 e. The fourth-order valence-electron chi connectivity index (χ4n) is 1.02. The summed E-state index contributed by atoms with van der Waals surface area (Å²) in [5.41, 5.74) is 7.04. The highest BCUT2D eigenvalue weighted by atomic mass is 35.5. The van der Waals surface area contributed by atoms with Gasteiger partial charge in [-0.3, -0.25) is 0 Å². The molecule has 0 aliphatic rings. The number of hydrogen-bond acceptors (Lipinski definition) is 2. The number of halogens is 1. The number of rotatable bonds is 4. The van der Waals surface area contributed by atoms with Gasteiger partial charge in [-0.15, -0.1) is 0 Å². The minimum absolute atomic E-state index is 0.136. The minimum atomic E-state index is -0.136. The highest BCUT2D eigenvalue weighted by Crippen LogP contribution is 2.22. The van der Waals surface area contributed by atoms with Crippen molar-refractivity contribution >= 4 is 17.4 Å². The molecular formula is C10H17ClN2O. The molecule has 0 aromatic carbocycles. The van der Waals surface area contributed by atoms with Crippen molar-refractivity contribution in [2.45, 2.75) is 26.9 Å². The summed E-state index contributed by atoms with van der Waals surface area (Å²) in [6, 6.07) is 0. The van der Waals surface area contributed by atoms with Crippen LogP contribution < -0.4 is 5.73 Å². The van der Waals surface area contributed by atoms with E-state index in [9.17, 15) is 0 Å². The number of amidine groups is 1. The molecular weight excluding hydrogens is 200 g/mol. The van der Waals surface area contributed by atoms with Gasteiger partial charge in [-0.1, -0.05) is 18.2 Å². The van der Waals surface area contributed by atoms with Gasteiger partial charge in [0.15, 0.2) is 0 Å². The summed E-state index contributed by atoms with van der Waals surface area (Å²) in [6.07, 6.45) is -0.136. The molecule has 0 aliphatic heterocycles. The second kappa shape index (κ2) is 5.83. The summed E-state index contributed by atoms with van der Waals surface area (Å²) < 4.78 is 5.16. The van der Waals surface area contributed by atoms with Gasteiger partial charge in [-0.2, -0.15) is 0 Å². The number of aliphatic imine (C=N–C) groups is 1. The second-order valence-corrected chi connectivity index (χ2v) is 3.47. The first-order valence-electron chi connectivity index (χ1n) is 4.29. The third-order valence-electron chi connectivity index (χ3n) is 1.72. The predicted octanol–water partition coefficient (Wildman–Crippen LogP) is 2.42. The van der Waals surface area contributed by atoms with E-state index in [1.54, 1.807) is 14.0 Å². The van der Waals surface area contributed by atoms with Gasteiger partial charge in [0.2, 0.25) is 0 Å². The monoisotopic (exact) mass is 216 g/mol. The van der Waals surface area contributed by atoms with Gasteiger partial charge in [0.05, 0.1) is 11.9 Å². The SMILES string of the molecule is C=C(C)/C(=C(Cl)\N=C(/C)N)C(C)OC. The van der Waals surface area contributed by atoms with E-state index < -0.39 is 0 Å². The molecule has 14 heavy (non-hydrogen) atoms. The molecule has 3 nitrogen and oxygen atoms in total. The van der Waals surface area contributed by atoms with Crippen molar-refractivity contribution in [3.63, 3.8) is 0 Å². The van der Waals surface area contributed by atoms with Crippen molar-refractivity contribution in [3.8, 4) is 0 Å². The van der Waals surface area contributed by atoms with Crippen molar-refractivity contribution in [3.05, 3.63) is 22.9 Å². The maximum atomic E-state index is 5.98. The van der Waals surface area contributed by atoms with E-state index in [1.165, 1.54) is 0 Å². The molecule has 4 heteroatoms. The molecule has 0 amide bonds. The molecule has 0 spiro atoms. The Kier molecular flexibility index (Phi) is 5.50. The first kappa shape index (κ1) is 13.2. The molecule has 1 unspecified atom stereocenters. The lowest BCUT2D eigenvalue weighted by atomic mass is 10.1. The van der Waals surface area contributed by atoms with Gasteiger partial charge in [-0.25, -0.2) is 4.99 Å². The van der Waals surface area contributed by atoms with Gasteiger partial charge in [0.25, 0.3) is 0 Å². The summed E-state index contributed by atoms with van der Waals surface area (Å²) in [5, 5.41) is 0.340. The van der Waals surface area contributed by atoms with E-state index in [1.807, 2.05) is 13.8 Å². The van der Waals surface area contributed by atoms with Crippen LogP contribution in [0.1, 0.15) is 20.8 Å². The van der Waals surface area contributed by atoms with Gasteiger partial charge >= 0.3 is 0 Å². The quantitative estimate of drug-likeness (QED) is 0.340. The summed E-state index contributed by atoms with van der Waals surface area (Å²) in [4.78, 5) is 3.97. The fourth-order valence-corrected chi connectivity index (χ4v) is 1.47. The van der Waals surface area contributed by atoms with E-state index >= 15 is 0 Å². The molecule has 0 aliphatic carbocycles. The third kappa shape index (κ3) is 3.94. The molecule has 0 bridgehead atoms. The Morgan fingerprint density at radius 2 is 2.00 bits per heavy atom. The summed E-state index contributed by atoms with van der Waals surface area (Å²) >= 11 is 5.98. The van der Waals surface area contributed by atoms with Crippen LogP contribution in [0, 0.1) is 0 Å². The smallest absolute Gasteiger partial charge is 0.137 e. The van der Waals surface area contributed by atoms with E-state index in [0.717, 1.165) is 11.1 Å². The minimum Gasteiger partial charge on any atom is -0.387 e.